The van der Waals surface area contributed by atoms with Crippen LogP contribution in [0.2, 0.25) is 0 Å². The molecule has 2 saturated heterocycles. The van der Waals surface area contributed by atoms with Gasteiger partial charge in [-0.2, -0.15) is 13.2 Å². The first-order valence-electron chi connectivity index (χ1n) is 13.7. The number of carbonyl (C=O) groups excluding carboxylic acids is 2. The van der Waals surface area contributed by atoms with Crippen molar-refractivity contribution >= 4 is 11.9 Å². The van der Waals surface area contributed by atoms with Crippen molar-refractivity contribution in [3.8, 4) is 0 Å². The van der Waals surface area contributed by atoms with E-state index in [4.69, 9.17) is 0 Å². The molecule has 9 heteroatoms. The van der Waals surface area contributed by atoms with Crippen molar-refractivity contribution in [1.29, 1.82) is 0 Å². The highest BCUT2D eigenvalue weighted by atomic mass is 19.4. The molecule has 2 aliphatic heterocycles. The topological polar surface area (TPSA) is 43.9 Å². The highest BCUT2D eigenvalue weighted by Gasteiger charge is 2.56. The van der Waals surface area contributed by atoms with Gasteiger partial charge in [0.2, 0.25) is 5.91 Å². The summed E-state index contributed by atoms with van der Waals surface area (Å²) in [5, 5.41) is 0. The predicted molar refractivity (Wildman–Crippen MR) is 151 cm³/mol. The van der Waals surface area contributed by atoms with Gasteiger partial charge in [0.25, 0.3) is 0 Å². The monoisotopic (exact) mass is 571 g/mol. The summed E-state index contributed by atoms with van der Waals surface area (Å²) in [5.74, 6) is -0.419. The molecule has 5 nitrogen and oxygen atoms in total. The number of aryl methyl sites for hydroxylation is 2. The Morgan fingerprint density at radius 3 is 2.37 bits per heavy atom. The van der Waals surface area contributed by atoms with Crippen molar-refractivity contribution in [1.82, 2.24) is 14.7 Å². The molecule has 2 heterocycles. The highest BCUT2D eigenvalue weighted by Crippen LogP contribution is 2.50. The molecule has 0 bridgehead atoms. The number of piperazine rings is 1. The van der Waals surface area contributed by atoms with Crippen LogP contribution >= 0.6 is 0 Å². The lowest BCUT2D eigenvalue weighted by molar-refractivity contribution is -0.139. The fourth-order valence-corrected chi connectivity index (χ4v) is 6.51. The zero-order valence-electron chi connectivity index (χ0n) is 24.0. The van der Waals surface area contributed by atoms with Gasteiger partial charge in [-0.3, -0.25) is 4.79 Å². The molecule has 2 fully saturated rings. The van der Waals surface area contributed by atoms with Crippen LogP contribution in [0.5, 0.6) is 0 Å². The third-order valence-corrected chi connectivity index (χ3v) is 8.66. The number of urea groups is 1. The Labute approximate surface area is 239 Å². The van der Waals surface area contributed by atoms with Crippen molar-refractivity contribution < 1.29 is 27.2 Å². The lowest BCUT2D eigenvalue weighted by atomic mass is 9.76. The SMILES string of the molecule is C=CCC1(CC=C)C[C@H]2[C@H](c3ccc(F)cc3C)N(C(=O)N(C)[C@H](C)c3cc(C)cc(C(F)(F)F)c3)CCN2C1=O. The fraction of sp³-hybridized carbons (Fsp3) is 0.438. The lowest BCUT2D eigenvalue weighted by Gasteiger charge is -2.47. The summed E-state index contributed by atoms with van der Waals surface area (Å²) >= 11 is 0. The normalized spacial score (nSPS) is 20.9. The van der Waals surface area contributed by atoms with Gasteiger partial charge in [0, 0.05) is 20.1 Å². The van der Waals surface area contributed by atoms with Crippen LogP contribution in [0.3, 0.4) is 0 Å². The van der Waals surface area contributed by atoms with E-state index in [-0.39, 0.29) is 24.5 Å². The number of hydrogen-bond donors (Lipinski definition) is 0. The van der Waals surface area contributed by atoms with Crippen molar-refractivity contribution in [2.45, 2.75) is 64.3 Å². The molecule has 3 amide bonds. The molecule has 0 aliphatic carbocycles. The van der Waals surface area contributed by atoms with Crippen LogP contribution in [0.15, 0.2) is 61.7 Å². The Bertz CT molecular complexity index is 1340. The van der Waals surface area contributed by atoms with Gasteiger partial charge in [-0.1, -0.05) is 29.8 Å². The Morgan fingerprint density at radius 1 is 1.12 bits per heavy atom. The van der Waals surface area contributed by atoms with Gasteiger partial charge in [-0.05, 0) is 81.0 Å². The zero-order chi connectivity index (χ0) is 30.3. The van der Waals surface area contributed by atoms with Gasteiger partial charge < -0.3 is 14.7 Å². The number of benzene rings is 2. The average molecular weight is 572 g/mol. The van der Waals surface area contributed by atoms with E-state index in [9.17, 15) is 27.2 Å². The minimum Gasteiger partial charge on any atom is -0.335 e. The third kappa shape index (κ3) is 5.63. The quantitative estimate of drug-likeness (QED) is 0.257. The number of fused-ring (bicyclic) bond motifs is 1. The number of hydrogen-bond acceptors (Lipinski definition) is 2. The Balaban J connectivity index is 1.74. The van der Waals surface area contributed by atoms with E-state index in [0.29, 0.717) is 42.5 Å². The zero-order valence-corrected chi connectivity index (χ0v) is 24.0. The molecular formula is C32H37F4N3O2. The summed E-state index contributed by atoms with van der Waals surface area (Å²) in [4.78, 5) is 32.9. The number of carbonyl (C=O) groups is 2. The van der Waals surface area contributed by atoms with E-state index in [1.807, 2.05) is 4.90 Å². The molecule has 41 heavy (non-hydrogen) atoms. The van der Waals surface area contributed by atoms with Crippen molar-refractivity contribution in [2.75, 3.05) is 20.1 Å². The van der Waals surface area contributed by atoms with Crippen molar-refractivity contribution in [2.24, 2.45) is 5.41 Å². The molecule has 3 atom stereocenters. The summed E-state index contributed by atoms with van der Waals surface area (Å²) < 4.78 is 54.7. The van der Waals surface area contributed by atoms with Crippen LogP contribution in [0, 0.1) is 25.1 Å². The minimum atomic E-state index is -4.51. The van der Waals surface area contributed by atoms with Gasteiger partial charge >= 0.3 is 12.2 Å². The molecule has 2 aromatic rings. The summed E-state index contributed by atoms with van der Waals surface area (Å²) in [5.41, 5.74) is 0.699. The largest absolute Gasteiger partial charge is 0.416 e. The van der Waals surface area contributed by atoms with Crippen LogP contribution in [0.25, 0.3) is 0 Å². The third-order valence-electron chi connectivity index (χ3n) is 8.66. The Hall–Kier alpha value is -3.62. The number of rotatable bonds is 7. The number of halogens is 4. The molecule has 4 rings (SSSR count). The Kier molecular flexibility index (Phi) is 8.39. The van der Waals surface area contributed by atoms with E-state index < -0.39 is 35.1 Å². The van der Waals surface area contributed by atoms with Crippen LogP contribution in [0.4, 0.5) is 22.4 Å². The highest BCUT2D eigenvalue weighted by molar-refractivity contribution is 5.87. The molecule has 0 unspecified atom stereocenters. The van der Waals surface area contributed by atoms with E-state index >= 15 is 0 Å². The maximum absolute atomic E-state index is 14.1. The number of nitrogens with zero attached hydrogens (tertiary/aromatic N) is 3. The van der Waals surface area contributed by atoms with Crippen LogP contribution in [-0.2, 0) is 11.0 Å². The second-order valence-electron chi connectivity index (χ2n) is 11.4. The standard InChI is InChI=1S/C32H37F4N3O2/c1-7-11-31(12-8-2)19-27-28(26-10-9-25(33)17-21(26)4)39(14-13-38(27)29(31)40)30(41)37(6)22(5)23-15-20(3)16-24(18-23)32(34,35)36/h7-10,15-18,22,27-28H,1-2,11-14,19H2,3-6H3/t22-,27+,28+/m1/s1. The summed E-state index contributed by atoms with van der Waals surface area (Å²) in [7, 11) is 1.57. The van der Waals surface area contributed by atoms with E-state index in [1.54, 1.807) is 57.0 Å². The molecule has 2 aliphatic rings. The second kappa shape index (κ2) is 11.3. The van der Waals surface area contributed by atoms with Crippen LogP contribution < -0.4 is 0 Å². The van der Waals surface area contributed by atoms with Gasteiger partial charge in [-0.25, -0.2) is 9.18 Å². The average Bonchev–Trinajstić information content (AvgIpc) is 3.18. The summed E-state index contributed by atoms with van der Waals surface area (Å²) in [6.45, 7) is 13.3. The molecule has 0 radical (unpaired) electrons. The fourth-order valence-electron chi connectivity index (χ4n) is 6.51. The molecular weight excluding hydrogens is 534 g/mol. The molecule has 0 N–H and O–H groups in total. The van der Waals surface area contributed by atoms with Gasteiger partial charge in [0.15, 0.2) is 0 Å². The first-order chi connectivity index (χ1) is 19.2. The van der Waals surface area contributed by atoms with Crippen molar-refractivity contribution in [3.63, 3.8) is 0 Å². The predicted octanol–water partition coefficient (Wildman–Crippen LogP) is 7.37. The smallest absolute Gasteiger partial charge is 0.335 e. The molecule has 0 spiro atoms. The summed E-state index contributed by atoms with van der Waals surface area (Å²) in [6.07, 6.45) is 0.324. The summed E-state index contributed by atoms with van der Waals surface area (Å²) in [6, 6.07) is 6.24. The van der Waals surface area contributed by atoms with E-state index in [0.717, 1.165) is 17.7 Å². The second-order valence-corrected chi connectivity index (χ2v) is 11.4. The van der Waals surface area contributed by atoms with Gasteiger partial charge in [-0.15, -0.1) is 13.2 Å². The van der Waals surface area contributed by atoms with Gasteiger partial charge in [0.05, 0.1) is 29.1 Å². The maximum Gasteiger partial charge on any atom is 0.416 e. The first kappa shape index (κ1) is 30.3. The lowest BCUT2D eigenvalue weighted by Crippen LogP contribution is -2.57. The first-order valence-corrected chi connectivity index (χ1v) is 13.7. The maximum atomic E-state index is 14.1. The van der Waals surface area contributed by atoms with E-state index in [2.05, 4.69) is 13.2 Å². The number of allylic oxidation sites excluding steroid dienone is 2. The minimum absolute atomic E-state index is 0.0136. The van der Waals surface area contributed by atoms with Gasteiger partial charge in [0.1, 0.15) is 5.82 Å². The molecule has 0 saturated carbocycles. The molecule has 0 aromatic heterocycles. The van der Waals surface area contributed by atoms with Crippen LogP contribution in [-0.4, -0.2) is 52.8 Å². The number of amides is 3. The van der Waals surface area contributed by atoms with Crippen molar-refractivity contribution in [3.05, 3.63) is 95.3 Å². The van der Waals surface area contributed by atoms with Crippen LogP contribution in [0.1, 0.15) is 66.1 Å². The number of alkyl halides is 3. The van der Waals surface area contributed by atoms with E-state index in [1.165, 1.54) is 17.0 Å². The molecule has 220 valence electrons. The Morgan fingerprint density at radius 2 is 1.78 bits per heavy atom. The molecule has 2 aromatic carbocycles.